The van der Waals surface area contributed by atoms with Gasteiger partial charge >= 0.3 is 0 Å². The minimum absolute atomic E-state index is 0.0483. The number of hydrogen-bond acceptors (Lipinski definition) is 1. The Bertz CT molecular complexity index is 474. The molecule has 0 aliphatic rings. The Kier molecular flexibility index (Phi) is 3.10. The molecule has 0 N–H and O–H groups in total. The van der Waals surface area contributed by atoms with Crippen LogP contribution in [0.1, 0.15) is 15.9 Å². The summed E-state index contributed by atoms with van der Waals surface area (Å²) < 4.78 is 12.7. The summed E-state index contributed by atoms with van der Waals surface area (Å²) in [5, 5.41) is 0. The van der Waals surface area contributed by atoms with Crippen LogP contribution < -0.4 is 0 Å². The molecule has 0 spiro atoms. The van der Waals surface area contributed by atoms with Gasteiger partial charge in [-0.1, -0.05) is 42.5 Å². The minimum Gasteiger partial charge on any atom is -0.294 e. The van der Waals surface area contributed by atoms with Crippen LogP contribution >= 0.6 is 0 Å². The van der Waals surface area contributed by atoms with E-state index in [0.717, 1.165) is 5.56 Å². The monoisotopic (exact) mass is 214 g/mol. The van der Waals surface area contributed by atoms with Gasteiger partial charge in [-0.2, -0.15) is 0 Å². The van der Waals surface area contributed by atoms with Gasteiger partial charge in [-0.25, -0.2) is 4.39 Å². The summed E-state index contributed by atoms with van der Waals surface area (Å²) in [5.41, 5.74) is 1.52. The van der Waals surface area contributed by atoms with E-state index in [1.807, 2.05) is 18.2 Å². The topological polar surface area (TPSA) is 17.1 Å². The molecule has 0 saturated heterocycles. The third kappa shape index (κ3) is 2.54. The molecule has 0 fully saturated rings. The molecule has 0 aliphatic heterocycles. The summed E-state index contributed by atoms with van der Waals surface area (Å²) in [6, 6.07) is 15.1. The van der Waals surface area contributed by atoms with Crippen LogP contribution in [0.4, 0.5) is 4.39 Å². The molecule has 2 aromatic carbocycles. The number of ketones is 1. The van der Waals surface area contributed by atoms with Gasteiger partial charge in [0.1, 0.15) is 5.82 Å². The van der Waals surface area contributed by atoms with Gasteiger partial charge < -0.3 is 0 Å². The van der Waals surface area contributed by atoms with Crippen LogP contribution in [0.15, 0.2) is 54.6 Å². The minimum atomic E-state index is -0.282. The van der Waals surface area contributed by atoms with Crippen LogP contribution in [-0.4, -0.2) is 5.78 Å². The lowest BCUT2D eigenvalue weighted by Crippen LogP contribution is -2.02. The zero-order chi connectivity index (χ0) is 11.4. The van der Waals surface area contributed by atoms with Crippen LogP contribution in [0.3, 0.4) is 0 Å². The van der Waals surface area contributed by atoms with Crippen molar-refractivity contribution in [1.29, 1.82) is 0 Å². The highest BCUT2D eigenvalue weighted by atomic mass is 19.1. The normalized spacial score (nSPS) is 10.1. The summed E-state index contributed by atoms with van der Waals surface area (Å²) in [7, 11) is 0. The summed E-state index contributed by atoms with van der Waals surface area (Å²) in [5.74, 6) is -0.233. The summed E-state index contributed by atoms with van der Waals surface area (Å²) in [6.45, 7) is 0. The third-order valence-electron chi connectivity index (χ3n) is 2.37. The first-order valence-electron chi connectivity index (χ1n) is 5.08. The number of hydrogen-bond donors (Lipinski definition) is 0. The van der Waals surface area contributed by atoms with E-state index in [9.17, 15) is 9.18 Å². The van der Waals surface area contributed by atoms with Crippen molar-refractivity contribution in [1.82, 2.24) is 0 Å². The molecule has 2 heteroatoms. The number of carbonyl (C=O) groups excluding carboxylic acids is 1. The standard InChI is InChI=1S/C14H11FO/c15-13-8-6-11(7-9-13)10-14(16)12-4-2-1-3-5-12/h1-9H,10H2. The molecule has 0 atom stereocenters. The molecule has 1 nitrogen and oxygen atoms in total. The molecule has 0 radical (unpaired) electrons. The fourth-order valence-corrected chi connectivity index (χ4v) is 1.51. The van der Waals surface area contributed by atoms with Gasteiger partial charge in [-0.15, -0.1) is 0 Å². The van der Waals surface area contributed by atoms with Crippen molar-refractivity contribution in [3.63, 3.8) is 0 Å². The van der Waals surface area contributed by atoms with Crippen LogP contribution in [-0.2, 0) is 6.42 Å². The Balaban J connectivity index is 2.11. The van der Waals surface area contributed by atoms with Crippen molar-refractivity contribution in [3.8, 4) is 0 Å². The van der Waals surface area contributed by atoms with E-state index in [4.69, 9.17) is 0 Å². The van der Waals surface area contributed by atoms with Crippen molar-refractivity contribution in [2.45, 2.75) is 6.42 Å². The zero-order valence-corrected chi connectivity index (χ0v) is 8.69. The smallest absolute Gasteiger partial charge is 0.167 e. The van der Waals surface area contributed by atoms with Crippen LogP contribution in [0.5, 0.6) is 0 Å². The average Bonchev–Trinajstić information content (AvgIpc) is 2.33. The van der Waals surface area contributed by atoms with E-state index in [1.165, 1.54) is 12.1 Å². The third-order valence-corrected chi connectivity index (χ3v) is 2.37. The number of halogens is 1. The number of benzene rings is 2. The van der Waals surface area contributed by atoms with Crippen LogP contribution in [0, 0.1) is 5.82 Å². The molecule has 0 saturated carbocycles. The SMILES string of the molecule is O=C(Cc1ccc(F)cc1)c1ccccc1. The number of carbonyl (C=O) groups is 1. The molecule has 0 bridgehead atoms. The Morgan fingerprint density at radius 1 is 0.938 bits per heavy atom. The second kappa shape index (κ2) is 4.71. The first kappa shape index (κ1) is 10.6. The highest BCUT2D eigenvalue weighted by molar-refractivity contribution is 5.97. The van der Waals surface area contributed by atoms with Crippen LogP contribution in [0.25, 0.3) is 0 Å². The van der Waals surface area contributed by atoms with Crippen molar-refractivity contribution >= 4 is 5.78 Å². The molecule has 0 heterocycles. The van der Waals surface area contributed by atoms with Gasteiger partial charge in [0, 0.05) is 12.0 Å². The van der Waals surface area contributed by atoms with Gasteiger partial charge in [0.05, 0.1) is 0 Å². The van der Waals surface area contributed by atoms with Crippen molar-refractivity contribution in [3.05, 3.63) is 71.5 Å². The fourth-order valence-electron chi connectivity index (χ4n) is 1.51. The Morgan fingerprint density at radius 2 is 1.56 bits per heavy atom. The van der Waals surface area contributed by atoms with Gasteiger partial charge in [0.25, 0.3) is 0 Å². The Hall–Kier alpha value is -1.96. The number of rotatable bonds is 3. The molecule has 16 heavy (non-hydrogen) atoms. The molecule has 0 unspecified atom stereocenters. The van der Waals surface area contributed by atoms with E-state index in [-0.39, 0.29) is 11.6 Å². The maximum Gasteiger partial charge on any atom is 0.167 e. The summed E-state index contributed by atoms with van der Waals surface area (Å²) in [6.07, 6.45) is 0.310. The van der Waals surface area contributed by atoms with Crippen molar-refractivity contribution in [2.24, 2.45) is 0 Å². The first-order chi connectivity index (χ1) is 7.75. The molecule has 0 aliphatic carbocycles. The lowest BCUT2D eigenvalue weighted by Gasteiger charge is -2.01. The molecule has 2 rings (SSSR count). The van der Waals surface area contributed by atoms with E-state index in [1.54, 1.807) is 24.3 Å². The highest BCUT2D eigenvalue weighted by Crippen LogP contribution is 2.08. The quantitative estimate of drug-likeness (QED) is 0.717. The maximum absolute atomic E-state index is 12.7. The second-order valence-corrected chi connectivity index (χ2v) is 3.59. The maximum atomic E-state index is 12.7. The van der Waals surface area contributed by atoms with E-state index in [0.29, 0.717) is 12.0 Å². The molecular weight excluding hydrogens is 203 g/mol. The molecule has 0 aromatic heterocycles. The van der Waals surface area contributed by atoms with Gasteiger partial charge in [-0.05, 0) is 17.7 Å². The molecular formula is C14H11FO. The predicted molar refractivity (Wildman–Crippen MR) is 60.9 cm³/mol. The summed E-state index contributed by atoms with van der Waals surface area (Å²) >= 11 is 0. The van der Waals surface area contributed by atoms with Gasteiger partial charge in [-0.3, -0.25) is 4.79 Å². The fraction of sp³-hybridized carbons (Fsp3) is 0.0714. The van der Waals surface area contributed by atoms with Gasteiger partial charge in [0.15, 0.2) is 5.78 Å². The van der Waals surface area contributed by atoms with Gasteiger partial charge in [0.2, 0.25) is 0 Å². The molecule has 80 valence electrons. The van der Waals surface area contributed by atoms with E-state index >= 15 is 0 Å². The first-order valence-corrected chi connectivity index (χ1v) is 5.08. The van der Waals surface area contributed by atoms with Crippen molar-refractivity contribution in [2.75, 3.05) is 0 Å². The van der Waals surface area contributed by atoms with E-state index < -0.39 is 0 Å². The Labute approximate surface area is 93.5 Å². The second-order valence-electron chi connectivity index (χ2n) is 3.59. The van der Waals surface area contributed by atoms with Crippen LogP contribution in [0.2, 0.25) is 0 Å². The highest BCUT2D eigenvalue weighted by Gasteiger charge is 2.05. The molecule has 0 amide bonds. The lowest BCUT2D eigenvalue weighted by atomic mass is 10.0. The largest absolute Gasteiger partial charge is 0.294 e. The Morgan fingerprint density at radius 3 is 2.19 bits per heavy atom. The predicted octanol–water partition coefficient (Wildman–Crippen LogP) is 3.25. The zero-order valence-electron chi connectivity index (χ0n) is 8.69. The lowest BCUT2D eigenvalue weighted by molar-refractivity contribution is 0.0993. The van der Waals surface area contributed by atoms with Crippen molar-refractivity contribution < 1.29 is 9.18 Å². The van der Waals surface area contributed by atoms with E-state index in [2.05, 4.69) is 0 Å². The summed E-state index contributed by atoms with van der Waals surface area (Å²) in [4.78, 5) is 11.8. The average molecular weight is 214 g/mol. The molecule has 2 aromatic rings. The number of Topliss-reactive ketones (excluding diaryl/α,β-unsaturated/α-hetero) is 1.